The van der Waals surface area contributed by atoms with Gasteiger partial charge in [-0.05, 0) is 22.9 Å². The highest BCUT2D eigenvalue weighted by Gasteiger charge is 2.09. The molecule has 0 aliphatic rings. The summed E-state index contributed by atoms with van der Waals surface area (Å²) < 4.78 is 5.88. The number of halogens is 1. The molecule has 12 heavy (non-hydrogen) atoms. The van der Waals surface area contributed by atoms with Gasteiger partial charge in [0.1, 0.15) is 6.07 Å². The molecule has 0 saturated carbocycles. The van der Waals surface area contributed by atoms with E-state index in [2.05, 4.69) is 20.9 Å². The van der Waals surface area contributed by atoms with E-state index in [1.54, 1.807) is 6.20 Å². The number of nitriles is 1. The van der Waals surface area contributed by atoms with E-state index in [0.717, 1.165) is 10.0 Å². The molecule has 0 spiro atoms. The van der Waals surface area contributed by atoms with E-state index in [-0.39, 0.29) is 0 Å². The molecule has 1 aromatic rings. The molecule has 1 rings (SSSR count). The van der Waals surface area contributed by atoms with Crippen molar-refractivity contribution in [2.75, 3.05) is 7.11 Å². The number of ether oxygens (including phenoxy) is 1. The maximum Gasteiger partial charge on any atom is 0.182 e. The van der Waals surface area contributed by atoms with Crippen molar-refractivity contribution in [3.63, 3.8) is 0 Å². The van der Waals surface area contributed by atoms with Crippen molar-refractivity contribution in [3.05, 3.63) is 21.9 Å². The average molecular weight is 227 g/mol. The Balaban J connectivity index is 3.38. The van der Waals surface area contributed by atoms with E-state index in [9.17, 15) is 0 Å². The third-order valence-electron chi connectivity index (χ3n) is 1.53. The van der Waals surface area contributed by atoms with Crippen LogP contribution in [0.1, 0.15) is 11.3 Å². The maximum absolute atomic E-state index is 8.66. The van der Waals surface area contributed by atoms with Crippen LogP contribution in [0.5, 0.6) is 5.75 Å². The molecular weight excluding hydrogens is 220 g/mol. The Morgan fingerprint density at radius 1 is 1.67 bits per heavy atom. The van der Waals surface area contributed by atoms with Gasteiger partial charge < -0.3 is 4.74 Å². The Morgan fingerprint density at radius 2 is 2.33 bits per heavy atom. The Labute approximate surface area is 79.1 Å². The monoisotopic (exact) mass is 226 g/mol. The van der Waals surface area contributed by atoms with E-state index in [0.29, 0.717) is 11.4 Å². The second-order valence-electron chi connectivity index (χ2n) is 2.22. The molecule has 0 fully saturated rings. The Kier molecular flexibility index (Phi) is 2.66. The van der Waals surface area contributed by atoms with Crippen molar-refractivity contribution >= 4 is 15.9 Å². The van der Waals surface area contributed by atoms with Crippen LogP contribution >= 0.6 is 15.9 Å². The predicted molar refractivity (Wildman–Crippen MR) is 47.9 cm³/mol. The molecule has 1 heterocycles. The highest BCUT2D eigenvalue weighted by atomic mass is 79.9. The zero-order chi connectivity index (χ0) is 9.14. The summed E-state index contributed by atoms with van der Waals surface area (Å²) in [5, 5.41) is 8.66. The van der Waals surface area contributed by atoms with Crippen LogP contribution in [0, 0.1) is 18.3 Å². The summed E-state index contributed by atoms with van der Waals surface area (Å²) in [6, 6.07) is 1.96. The van der Waals surface area contributed by atoms with E-state index in [1.807, 2.05) is 13.0 Å². The van der Waals surface area contributed by atoms with Crippen molar-refractivity contribution in [1.29, 1.82) is 5.26 Å². The lowest BCUT2D eigenvalue weighted by molar-refractivity contribution is 0.408. The highest BCUT2D eigenvalue weighted by molar-refractivity contribution is 9.10. The van der Waals surface area contributed by atoms with E-state index < -0.39 is 0 Å². The molecule has 0 aliphatic carbocycles. The first-order valence-corrected chi connectivity index (χ1v) is 4.09. The number of nitrogens with zero attached hydrogens (tertiary/aromatic N) is 2. The first kappa shape index (κ1) is 9.01. The molecule has 1 aromatic heterocycles. The van der Waals surface area contributed by atoms with Crippen LogP contribution < -0.4 is 4.74 Å². The minimum Gasteiger partial charge on any atom is -0.493 e. The van der Waals surface area contributed by atoms with Gasteiger partial charge in [0, 0.05) is 16.2 Å². The van der Waals surface area contributed by atoms with E-state index in [1.165, 1.54) is 7.11 Å². The fourth-order valence-corrected chi connectivity index (χ4v) is 1.17. The Hall–Kier alpha value is -1.08. The van der Waals surface area contributed by atoms with Crippen LogP contribution in [0.25, 0.3) is 0 Å². The van der Waals surface area contributed by atoms with Crippen LogP contribution in [0.4, 0.5) is 0 Å². The summed E-state index contributed by atoms with van der Waals surface area (Å²) in [5.74, 6) is 0.534. The smallest absolute Gasteiger partial charge is 0.182 e. The van der Waals surface area contributed by atoms with Crippen molar-refractivity contribution in [3.8, 4) is 11.8 Å². The van der Waals surface area contributed by atoms with Gasteiger partial charge in [0.2, 0.25) is 0 Å². The first-order chi connectivity index (χ1) is 5.70. The summed E-state index contributed by atoms with van der Waals surface area (Å²) in [5.41, 5.74) is 1.21. The van der Waals surface area contributed by atoms with E-state index >= 15 is 0 Å². The predicted octanol–water partition coefficient (Wildman–Crippen LogP) is 2.03. The SMILES string of the molecule is COc1c(C#N)ncc(Br)c1C. The van der Waals surface area contributed by atoms with Gasteiger partial charge in [0.25, 0.3) is 0 Å². The van der Waals surface area contributed by atoms with Gasteiger partial charge in [-0.25, -0.2) is 4.98 Å². The second-order valence-corrected chi connectivity index (χ2v) is 3.08. The van der Waals surface area contributed by atoms with Gasteiger partial charge in [-0.3, -0.25) is 0 Å². The quantitative estimate of drug-likeness (QED) is 0.737. The molecule has 0 aromatic carbocycles. The molecule has 3 nitrogen and oxygen atoms in total. The van der Waals surface area contributed by atoms with Crippen molar-refractivity contribution in [2.24, 2.45) is 0 Å². The van der Waals surface area contributed by atoms with Crippen LogP contribution in [0.15, 0.2) is 10.7 Å². The highest BCUT2D eigenvalue weighted by Crippen LogP contribution is 2.26. The fraction of sp³-hybridized carbons (Fsp3) is 0.250. The summed E-state index contributed by atoms with van der Waals surface area (Å²) in [6.07, 6.45) is 1.59. The molecule has 0 aliphatic heterocycles. The van der Waals surface area contributed by atoms with Crippen LogP contribution in [0.2, 0.25) is 0 Å². The first-order valence-electron chi connectivity index (χ1n) is 3.30. The second kappa shape index (κ2) is 3.55. The van der Waals surface area contributed by atoms with Crippen LogP contribution in [-0.4, -0.2) is 12.1 Å². The zero-order valence-electron chi connectivity index (χ0n) is 6.76. The Bertz CT molecular complexity index is 344. The molecule has 0 radical (unpaired) electrons. The fourth-order valence-electron chi connectivity index (χ4n) is 0.892. The molecule has 0 unspecified atom stereocenters. The lowest BCUT2D eigenvalue weighted by Crippen LogP contribution is -1.94. The maximum atomic E-state index is 8.66. The van der Waals surface area contributed by atoms with Gasteiger partial charge >= 0.3 is 0 Å². The normalized spacial score (nSPS) is 9.17. The van der Waals surface area contributed by atoms with Gasteiger partial charge in [0.15, 0.2) is 11.4 Å². The average Bonchev–Trinajstić information content (AvgIpc) is 2.09. The molecule has 62 valence electrons. The number of pyridine rings is 1. The van der Waals surface area contributed by atoms with Crippen molar-refractivity contribution in [2.45, 2.75) is 6.92 Å². The minimum atomic E-state index is 0.318. The number of rotatable bonds is 1. The molecule has 0 N–H and O–H groups in total. The van der Waals surface area contributed by atoms with Gasteiger partial charge in [-0.1, -0.05) is 0 Å². The van der Waals surface area contributed by atoms with E-state index in [4.69, 9.17) is 10.00 Å². The molecule has 0 amide bonds. The van der Waals surface area contributed by atoms with Crippen molar-refractivity contribution < 1.29 is 4.74 Å². The zero-order valence-corrected chi connectivity index (χ0v) is 8.34. The number of hydrogen-bond donors (Lipinski definition) is 0. The van der Waals surface area contributed by atoms with Gasteiger partial charge in [0.05, 0.1) is 7.11 Å². The topological polar surface area (TPSA) is 45.9 Å². The summed E-state index contributed by atoms with van der Waals surface area (Å²) in [7, 11) is 1.53. The molecule has 4 heteroatoms. The lowest BCUT2D eigenvalue weighted by atomic mass is 10.2. The van der Waals surface area contributed by atoms with Gasteiger partial charge in [-0.15, -0.1) is 0 Å². The summed E-state index contributed by atoms with van der Waals surface area (Å²) in [6.45, 7) is 1.87. The number of aromatic nitrogens is 1. The standard InChI is InChI=1S/C8H7BrN2O/c1-5-6(9)4-11-7(3-10)8(5)12-2/h4H,1-2H3. The molecule has 0 saturated heterocycles. The van der Waals surface area contributed by atoms with Crippen LogP contribution in [0.3, 0.4) is 0 Å². The largest absolute Gasteiger partial charge is 0.493 e. The number of methoxy groups -OCH3 is 1. The summed E-state index contributed by atoms with van der Waals surface area (Å²) in [4.78, 5) is 3.90. The van der Waals surface area contributed by atoms with Gasteiger partial charge in [-0.2, -0.15) is 5.26 Å². The Morgan fingerprint density at radius 3 is 2.83 bits per heavy atom. The minimum absolute atomic E-state index is 0.318. The molecule has 0 bridgehead atoms. The molecular formula is C8H7BrN2O. The third kappa shape index (κ3) is 1.41. The van der Waals surface area contributed by atoms with Crippen molar-refractivity contribution in [1.82, 2.24) is 4.98 Å². The summed E-state index contributed by atoms with van der Waals surface area (Å²) >= 11 is 3.30. The third-order valence-corrected chi connectivity index (χ3v) is 2.33. The number of hydrogen-bond acceptors (Lipinski definition) is 3. The molecule has 0 atom stereocenters. The lowest BCUT2D eigenvalue weighted by Gasteiger charge is -2.06. The van der Waals surface area contributed by atoms with Crippen LogP contribution in [-0.2, 0) is 0 Å².